The fraction of sp³-hybridized carbons (Fsp3) is 0.312. The van der Waals surface area contributed by atoms with Gasteiger partial charge >= 0.3 is 5.97 Å². The van der Waals surface area contributed by atoms with Gasteiger partial charge in [0, 0.05) is 30.1 Å². The van der Waals surface area contributed by atoms with Crippen LogP contribution in [0.4, 0.5) is 0 Å². The van der Waals surface area contributed by atoms with Gasteiger partial charge in [0.05, 0.1) is 11.6 Å². The van der Waals surface area contributed by atoms with E-state index in [2.05, 4.69) is 10.3 Å². The molecule has 128 valence electrons. The van der Waals surface area contributed by atoms with Crippen LogP contribution < -0.4 is 14.8 Å². The Kier molecular flexibility index (Phi) is 6.56. The van der Waals surface area contributed by atoms with Gasteiger partial charge in [0.2, 0.25) is 0 Å². The van der Waals surface area contributed by atoms with Gasteiger partial charge in [-0.2, -0.15) is 0 Å². The summed E-state index contributed by atoms with van der Waals surface area (Å²) in [7, 11) is 0. The molecule has 1 amide bonds. The number of carboxylic acids is 1. The van der Waals surface area contributed by atoms with E-state index in [1.807, 2.05) is 5.38 Å². The van der Waals surface area contributed by atoms with Crippen LogP contribution in [-0.2, 0) is 11.2 Å². The topological polar surface area (TPSA) is 97.8 Å². The minimum atomic E-state index is -1.08. The van der Waals surface area contributed by atoms with Crippen LogP contribution >= 0.6 is 11.3 Å². The molecule has 0 fully saturated rings. The summed E-state index contributed by atoms with van der Waals surface area (Å²) in [5, 5.41) is 14.3. The van der Waals surface area contributed by atoms with Gasteiger partial charge in [-0.25, -0.2) is 9.78 Å². The third-order valence-corrected chi connectivity index (χ3v) is 3.80. The monoisotopic (exact) mass is 350 g/mol. The molecule has 0 spiro atoms. The first-order valence-electron chi connectivity index (χ1n) is 7.38. The van der Waals surface area contributed by atoms with Gasteiger partial charge in [-0.3, -0.25) is 4.79 Å². The number of hydrogen-bond acceptors (Lipinski definition) is 6. The predicted molar refractivity (Wildman–Crippen MR) is 88.9 cm³/mol. The number of nitrogens with zero attached hydrogens (tertiary/aromatic N) is 1. The molecule has 0 aliphatic rings. The summed E-state index contributed by atoms with van der Waals surface area (Å²) in [6.45, 7) is 2.17. The van der Waals surface area contributed by atoms with Crippen molar-refractivity contribution in [2.45, 2.75) is 13.3 Å². The number of carbonyl (C=O) groups is 2. The zero-order valence-electron chi connectivity index (χ0n) is 13.2. The molecule has 0 unspecified atom stereocenters. The summed E-state index contributed by atoms with van der Waals surface area (Å²) in [6, 6.07) is 4.64. The molecule has 2 N–H and O–H groups in total. The number of hydrogen-bond donors (Lipinski definition) is 2. The van der Waals surface area contributed by atoms with Gasteiger partial charge in [0.1, 0.15) is 0 Å². The summed E-state index contributed by atoms with van der Waals surface area (Å²) < 4.78 is 10.6. The van der Waals surface area contributed by atoms with Crippen molar-refractivity contribution in [3.8, 4) is 11.5 Å². The lowest BCUT2D eigenvalue weighted by Crippen LogP contribution is -2.25. The highest BCUT2D eigenvalue weighted by Gasteiger charge is 2.12. The molecular formula is C16H18N2O5S. The molecule has 0 saturated heterocycles. The van der Waals surface area contributed by atoms with Gasteiger partial charge in [-0.05, 0) is 25.1 Å². The van der Waals surface area contributed by atoms with Gasteiger partial charge in [0.25, 0.3) is 5.91 Å². The zero-order chi connectivity index (χ0) is 17.4. The van der Waals surface area contributed by atoms with Gasteiger partial charge in [0.15, 0.2) is 18.1 Å². The van der Waals surface area contributed by atoms with Gasteiger partial charge in [-0.1, -0.05) is 0 Å². The standard InChI is InChI=1S/C16H18N2O5S/c1-2-22-13-9-11(3-4-12(13)23-10-15(19)20)16(21)18-6-5-14-17-7-8-24-14/h3-4,7-9H,2,5-6,10H2,1H3,(H,18,21)(H,19,20). The van der Waals surface area contributed by atoms with Gasteiger partial charge in [-0.15, -0.1) is 11.3 Å². The maximum Gasteiger partial charge on any atom is 0.341 e. The van der Waals surface area contributed by atoms with Crippen molar-refractivity contribution in [3.05, 3.63) is 40.3 Å². The molecule has 1 heterocycles. The molecule has 2 rings (SSSR count). The van der Waals surface area contributed by atoms with Crippen molar-refractivity contribution in [1.29, 1.82) is 0 Å². The Hall–Kier alpha value is -2.61. The number of aromatic nitrogens is 1. The number of amides is 1. The minimum absolute atomic E-state index is 0.239. The minimum Gasteiger partial charge on any atom is -0.490 e. The van der Waals surface area contributed by atoms with Crippen LogP contribution in [0.2, 0.25) is 0 Å². The molecule has 0 saturated carbocycles. The number of nitrogens with one attached hydrogen (secondary N) is 1. The molecule has 0 radical (unpaired) electrons. The van der Waals surface area contributed by atoms with Gasteiger partial charge < -0.3 is 19.9 Å². The molecule has 24 heavy (non-hydrogen) atoms. The van der Waals surface area contributed by atoms with Crippen molar-refractivity contribution in [2.75, 3.05) is 19.8 Å². The lowest BCUT2D eigenvalue weighted by molar-refractivity contribution is -0.139. The fourth-order valence-corrected chi connectivity index (χ4v) is 2.56. The summed E-state index contributed by atoms with van der Waals surface area (Å²) in [5.41, 5.74) is 0.417. The van der Waals surface area contributed by atoms with Crippen molar-refractivity contribution in [1.82, 2.24) is 10.3 Å². The molecule has 0 aliphatic heterocycles. The van der Waals surface area contributed by atoms with Crippen molar-refractivity contribution < 1.29 is 24.2 Å². The number of aliphatic carboxylic acids is 1. The highest BCUT2D eigenvalue weighted by molar-refractivity contribution is 7.09. The largest absolute Gasteiger partial charge is 0.490 e. The second-order valence-electron chi connectivity index (χ2n) is 4.71. The Balaban J connectivity index is 1.99. The summed E-state index contributed by atoms with van der Waals surface area (Å²) in [6.07, 6.45) is 2.40. The lowest BCUT2D eigenvalue weighted by Gasteiger charge is -2.12. The first-order valence-corrected chi connectivity index (χ1v) is 8.26. The zero-order valence-corrected chi connectivity index (χ0v) is 14.0. The normalized spacial score (nSPS) is 10.2. The van der Waals surface area contributed by atoms with Crippen molar-refractivity contribution in [2.24, 2.45) is 0 Å². The third kappa shape index (κ3) is 5.24. The van der Waals surface area contributed by atoms with E-state index >= 15 is 0 Å². The second-order valence-corrected chi connectivity index (χ2v) is 5.69. The Morgan fingerprint density at radius 3 is 2.79 bits per heavy atom. The molecular weight excluding hydrogens is 332 g/mol. The van der Waals surface area contributed by atoms with E-state index in [0.717, 1.165) is 5.01 Å². The van der Waals surface area contributed by atoms with Crippen LogP contribution in [0.1, 0.15) is 22.3 Å². The first kappa shape index (κ1) is 17.7. The van der Waals surface area contributed by atoms with Crippen LogP contribution in [0.15, 0.2) is 29.8 Å². The van der Waals surface area contributed by atoms with Crippen LogP contribution in [0, 0.1) is 0 Å². The SMILES string of the molecule is CCOc1cc(C(=O)NCCc2nccs2)ccc1OCC(=O)O. The van der Waals surface area contributed by atoms with Crippen molar-refractivity contribution >= 4 is 23.2 Å². The van der Waals surface area contributed by atoms with E-state index < -0.39 is 12.6 Å². The molecule has 2 aromatic rings. The Bertz CT molecular complexity index is 688. The van der Waals surface area contributed by atoms with E-state index in [4.69, 9.17) is 14.6 Å². The summed E-state index contributed by atoms with van der Waals surface area (Å²) in [5.74, 6) is -0.691. The third-order valence-electron chi connectivity index (χ3n) is 2.96. The number of carboxylic acid groups (broad SMARTS) is 1. The maximum atomic E-state index is 12.2. The molecule has 1 aromatic heterocycles. The van der Waals surface area contributed by atoms with Crippen molar-refractivity contribution in [3.63, 3.8) is 0 Å². The number of thiazole rings is 1. The number of benzene rings is 1. The summed E-state index contributed by atoms with van der Waals surface area (Å²) >= 11 is 1.54. The van der Waals surface area contributed by atoms with Crippen LogP contribution in [0.5, 0.6) is 11.5 Å². The molecule has 0 atom stereocenters. The van der Waals surface area contributed by atoms with E-state index in [1.54, 1.807) is 36.6 Å². The quantitative estimate of drug-likeness (QED) is 0.718. The van der Waals surface area contributed by atoms with Crippen LogP contribution in [0.3, 0.4) is 0 Å². The van der Waals surface area contributed by atoms with E-state index in [-0.39, 0.29) is 5.91 Å². The number of rotatable bonds is 9. The molecule has 0 aliphatic carbocycles. The Labute approximate surface area is 143 Å². The average molecular weight is 350 g/mol. The number of carbonyl (C=O) groups excluding carboxylic acids is 1. The number of ether oxygens (including phenoxy) is 2. The Morgan fingerprint density at radius 1 is 1.29 bits per heavy atom. The lowest BCUT2D eigenvalue weighted by atomic mass is 10.2. The smallest absolute Gasteiger partial charge is 0.341 e. The molecule has 0 bridgehead atoms. The fourth-order valence-electron chi connectivity index (χ4n) is 1.94. The molecule has 8 heteroatoms. The maximum absolute atomic E-state index is 12.2. The van der Waals surface area contributed by atoms with E-state index in [1.165, 1.54) is 6.07 Å². The highest BCUT2D eigenvalue weighted by atomic mass is 32.1. The predicted octanol–water partition coefficient (Wildman–Crippen LogP) is 1.98. The van der Waals surface area contributed by atoms with Crippen LogP contribution in [-0.4, -0.2) is 41.7 Å². The van der Waals surface area contributed by atoms with E-state index in [0.29, 0.717) is 36.6 Å². The first-order chi connectivity index (χ1) is 11.6. The van der Waals surface area contributed by atoms with Crippen LogP contribution in [0.25, 0.3) is 0 Å². The molecule has 7 nitrogen and oxygen atoms in total. The Morgan fingerprint density at radius 2 is 2.12 bits per heavy atom. The second kappa shape index (κ2) is 8.88. The molecule has 1 aromatic carbocycles. The highest BCUT2D eigenvalue weighted by Crippen LogP contribution is 2.28. The summed E-state index contributed by atoms with van der Waals surface area (Å²) in [4.78, 5) is 26.9. The average Bonchev–Trinajstić information content (AvgIpc) is 3.07. The van der Waals surface area contributed by atoms with E-state index in [9.17, 15) is 9.59 Å².